The largest absolute Gasteiger partial charge is 0.465 e. The highest BCUT2D eigenvalue weighted by molar-refractivity contribution is 5.95. The molecule has 0 aromatic heterocycles. The summed E-state index contributed by atoms with van der Waals surface area (Å²) in [4.78, 5) is 38.7. The Hall–Kier alpha value is -2.09. The van der Waals surface area contributed by atoms with Crippen molar-refractivity contribution < 1.29 is 29.0 Å². The highest BCUT2D eigenvalue weighted by Crippen LogP contribution is 2.43. The summed E-state index contributed by atoms with van der Waals surface area (Å²) in [5.41, 5.74) is 0.489. The van der Waals surface area contributed by atoms with Gasteiger partial charge in [0.05, 0.1) is 23.3 Å². The molecule has 2 amide bonds. The zero-order valence-electron chi connectivity index (χ0n) is 13.0. The molecule has 3 rings (SSSR count). The molecule has 1 N–H and O–H groups in total. The number of hydrogen-bond acceptors (Lipinski definition) is 5. The molecule has 8 heteroatoms. The molecule has 0 unspecified atom stereocenters. The second-order valence-corrected chi connectivity index (χ2v) is 6.19. The third-order valence-electron chi connectivity index (χ3n) is 5.05. The fraction of sp³-hybridized carbons (Fsp3) is 0.667. The van der Waals surface area contributed by atoms with Crippen molar-refractivity contribution in [2.24, 2.45) is 5.41 Å². The predicted octanol–water partition coefficient (Wildman–Crippen LogP) is 0.436. The van der Waals surface area contributed by atoms with E-state index in [-0.39, 0.29) is 19.1 Å². The molecular weight excluding hydrogens is 304 g/mol. The quantitative estimate of drug-likeness (QED) is 0.757. The van der Waals surface area contributed by atoms with Crippen molar-refractivity contribution in [3.05, 3.63) is 11.3 Å². The van der Waals surface area contributed by atoms with Gasteiger partial charge in [-0.05, 0) is 19.3 Å². The minimum absolute atomic E-state index is 0.0237. The monoisotopic (exact) mass is 324 g/mol. The van der Waals surface area contributed by atoms with Crippen molar-refractivity contribution in [2.75, 3.05) is 40.0 Å². The lowest BCUT2D eigenvalue weighted by Crippen LogP contribution is -2.46. The number of esters is 1. The van der Waals surface area contributed by atoms with Gasteiger partial charge in [0.25, 0.3) is 0 Å². The molecule has 0 saturated carbocycles. The molecule has 2 fully saturated rings. The van der Waals surface area contributed by atoms with Crippen LogP contribution in [-0.2, 0) is 19.1 Å². The zero-order valence-corrected chi connectivity index (χ0v) is 13.0. The van der Waals surface area contributed by atoms with Crippen LogP contribution < -0.4 is 0 Å². The summed E-state index contributed by atoms with van der Waals surface area (Å²) in [6.07, 6.45) is 0.784. The highest BCUT2D eigenvalue weighted by Gasteiger charge is 2.50. The number of carboxylic acid groups (broad SMARTS) is 1. The lowest BCUT2D eigenvalue weighted by molar-refractivity contribution is -0.138. The fourth-order valence-corrected chi connectivity index (χ4v) is 3.62. The summed E-state index contributed by atoms with van der Waals surface area (Å²) in [5, 5.41) is 9.04. The number of methoxy groups -OCH3 is 1. The molecule has 3 aliphatic heterocycles. The van der Waals surface area contributed by atoms with Gasteiger partial charge in [-0.15, -0.1) is 0 Å². The summed E-state index contributed by atoms with van der Waals surface area (Å²) in [5.74, 6) is -0.458. The van der Waals surface area contributed by atoms with E-state index in [1.54, 1.807) is 4.90 Å². The Morgan fingerprint density at radius 3 is 2.52 bits per heavy atom. The fourth-order valence-electron chi connectivity index (χ4n) is 3.62. The van der Waals surface area contributed by atoms with Crippen LogP contribution in [-0.4, -0.2) is 72.8 Å². The van der Waals surface area contributed by atoms with Crippen LogP contribution in [0.15, 0.2) is 11.3 Å². The van der Waals surface area contributed by atoms with Gasteiger partial charge in [0.1, 0.15) is 6.61 Å². The maximum Gasteiger partial charge on any atom is 0.407 e. The first-order valence-electron chi connectivity index (χ1n) is 7.66. The Morgan fingerprint density at radius 1 is 1.26 bits per heavy atom. The first-order valence-corrected chi connectivity index (χ1v) is 7.66. The van der Waals surface area contributed by atoms with Gasteiger partial charge in [0, 0.05) is 26.7 Å². The molecule has 0 bridgehead atoms. The van der Waals surface area contributed by atoms with E-state index in [0.717, 1.165) is 0 Å². The summed E-state index contributed by atoms with van der Waals surface area (Å²) in [6.45, 7) is 1.49. The lowest BCUT2D eigenvalue weighted by atomic mass is 9.77. The van der Waals surface area contributed by atoms with Crippen LogP contribution >= 0.6 is 0 Å². The lowest BCUT2D eigenvalue weighted by Gasteiger charge is -2.36. The first kappa shape index (κ1) is 15.8. The molecule has 0 radical (unpaired) electrons. The summed E-state index contributed by atoms with van der Waals surface area (Å²) >= 11 is 0. The molecule has 126 valence electrons. The molecule has 0 aromatic rings. The smallest absolute Gasteiger partial charge is 0.407 e. The third-order valence-corrected chi connectivity index (χ3v) is 5.05. The summed E-state index contributed by atoms with van der Waals surface area (Å²) in [6, 6.07) is 0. The van der Waals surface area contributed by atoms with Gasteiger partial charge in [-0.2, -0.15) is 0 Å². The van der Waals surface area contributed by atoms with E-state index in [2.05, 4.69) is 0 Å². The summed E-state index contributed by atoms with van der Waals surface area (Å²) in [7, 11) is 1.49. The molecule has 3 heterocycles. The van der Waals surface area contributed by atoms with Crippen LogP contribution in [0.4, 0.5) is 4.79 Å². The number of carbonyl (C=O) groups excluding carboxylic acids is 2. The van der Waals surface area contributed by atoms with Crippen LogP contribution in [0.2, 0.25) is 0 Å². The average Bonchev–Trinajstić information content (AvgIpc) is 3.03. The number of cyclic esters (lactones) is 1. The molecule has 1 spiro atoms. The third kappa shape index (κ3) is 2.56. The minimum Gasteiger partial charge on any atom is -0.465 e. The van der Waals surface area contributed by atoms with E-state index in [4.69, 9.17) is 14.6 Å². The van der Waals surface area contributed by atoms with Gasteiger partial charge in [0.2, 0.25) is 5.91 Å². The van der Waals surface area contributed by atoms with Gasteiger partial charge in [-0.25, -0.2) is 9.59 Å². The predicted molar refractivity (Wildman–Crippen MR) is 77.5 cm³/mol. The van der Waals surface area contributed by atoms with E-state index in [9.17, 15) is 14.4 Å². The summed E-state index contributed by atoms with van der Waals surface area (Å²) < 4.78 is 10.1. The van der Waals surface area contributed by atoms with Gasteiger partial charge < -0.3 is 24.4 Å². The number of rotatable bonds is 3. The van der Waals surface area contributed by atoms with Crippen molar-refractivity contribution in [3.63, 3.8) is 0 Å². The van der Waals surface area contributed by atoms with Crippen molar-refractivity contribution in [1.82, 2.24) is 9.80 Å². The van der Waals surface area contributed by atoms with E-state index < -0.39 is 17.5 Å². The van der Waals surface area contributed by atoms with Crippen LogP contribution in [0, 0.1) is 5.41 Å². The van der Waals surface area contributed by atoms with E-state index in [0.29, 0.717) is 50.2 Å². The average molecular weight is 324 g/mol. The Morgan fingerprint density at radius 2 is 1.91 bits per heavy atom. The van der Waals surface area contributed by atoms with Crippen LogP contribution in [0.3, 0.4) is 0 Å². The normalized spacial score (nSPS) is 23.9. The number of likely N-dealkylation sites (tertiary alicyclic amines) is 2. The second kappa shape index (κ2) is 5.84. The van der Waals surface area contributed by atoms with E-state index in [1.165, 1.54) is 12.0 Å². The molecule has 0 aliphatic carbocycles. The molecule has 0 atom stereocenters. The van der Waals surface area contributed by atoms with Gasteiger partial charge >= 0.3 is 12.1 Å². The number of nitrogens with zero attached hydrogens (tertiary/aromatic N) is 2. The number of piperidine rings is 1. The van der Waals surface area contributed by atoms with Crippen LogP contribution in [0.25, 0.3) is 0 Å². The Labute approximate surface area is 133 Å². The van der Waals surface area contributed by atoms with Crippen molar-refractivity contribution in [1.29, 1.82) is 0 Å². The Balaban J connectivity index is 1.77. The standard InChI is InChI=1S/C15H20N2O6/c1-22-8-10-11(9-23-12(10)18)17-7-4-15(13(17)19)2-5-16(6-3-15)14(20)21/h2-9H2,1H3,(H,20,21). The number of amides is 2. The number of hydrogen-bond donors (Lipinski definition) is 1. The number of ether oxygens (including phenoxy) is 2. The molecule has 0 aromatic carbocycles. The molecule has 8 nitrogen and oxygen atoms in total. The second-order valence-electron chi connectivity index (χ2n) is 6.19. The minimum atomic E-state index is -0.943. The van der Waals surface area contributed by atoms with Crippen molar-refractivity contribution >= 4 is 18.0 Å². The molecule has 2 saturated heterocycles. The van der Waals surface area contributed by atoms with Crippen molar-refractivity contribution in [3.8, 4) is 0 Å². The Kier molecular flexibility index (Phi) is 4.01. The molecule has 23 heavy (non-hydrogen) atoms. The molecule has 3 aliphatic rings. The topological polar surface area (TPSA) is 96.4 Å². The Bertz CT molecular complexity index is 577. The maximum absolute atomic E-state index is 12.9. The van der Waals surface area contributed by atoms with Gasteiger partial charge in [0.15, 0.2) is 0 Å². The number of carbonyl (C=O) groups is 3. The van der Waals surface area contributed by atoms with Crippen LogP contribution in [0.1, 0.15) is 19.3 Å². The van der Waals surface area contributed by atoms with Crippen LogP contribution in [0.5, 0.6) is 0 Å². The van der Waals surface area contributed by atoms with E-state index in [1.807, 2.05) is 0 Å². The first-order chi connectivity index (χ1) is 11.0. The molecular formula is C15H20N2O6. The SMILES string of the molecule is COCC1=C(N2CCC3(CCN(C(=O)O)CC3)C2=O)COC1=O. The van der Waals surface area contributed by atoms with Crippen molar-refractivity contribution in [2.45, 2.75) is 19.3 Å². The van der Waals surface area contributed by atoms with E-state index >= 15 is 0 Å². The highest BCUT2D eigenvalue weighted by atomic mass is 16.5. The van der Waals surface area contributed by atoms with Gasteiger partial charge in [-0.3, -0.25) is 4.79 Å². The van der Waals surface area contributed by atoms with Gasteiger partial charge in [-0.1, -0.05) is 0 Å². The maximum atomic E-state index is 12.9. The zero-order chi connectivity index (χ0) is 16.6.